The Morgan fingerprint density at radius 2 is 2.00 bits per heavy atom. The van der Waals surface area contributed by atoms with Gasteiger partial charge in [0.2, 0.25) is 0 Å². The molecule has 0 atom stereocenters. The van der Waals surface area contributed by atoms with Crippen molar-refractivity contribution in [3.8, 4) is 5.82 Å². The van der Waals surface area contributed by atoms with Crippen LogP contribution >= 0.6 is 11.6 Å². The molecule has 2 heterocycles. The van der Waals surface area contributed by atoms with Crippen LogP contribution in [0.1, 0.15) is 41.7 Å². The summed E-state index contributed by atoms with van der Waals surface area (Å²) in [6.07, 6.45) is 0.0907. The lowest BCUT2D eigenvalue weighted by atomic mass is 9.91. The number of pyridine rings is 1. The Balaban J connectivity index is 1.93. The second kappa shape index (κ2) is 7.24. The normalized spacial score (nSPS) is 20.8. The molecule has 0 unspecified atom stereocenters. The number of nitrogens with zero attached hydrogens (tertiary/aromatic N) is 3. The standard InChI is InChI=1S/C16H17ClF3N5O/c17-12-2-1-7-22-14(12)25-13(16(18,19)20)11(8-23-25)15(26)24-10-5-3-9(21)4-6-10/h1-2,7-10H,3-6,21H2,(H,24,26). The lowest BCUT2D eigenvalue weighted by Crippen LogP contribution is -2.41. The van der Waals surface area contributed by atoms with Crippen LogP contribution in [0, 0.1) is 0 Å². The SMILES string of the molecule is NC1CCC(NC(=O)c2cnn(-c3ncccc3Cl)c2C(F)(F)F)CC1. The van der Waals surface area contributed by atoms with Crippen LogP contribution in [-0.4, -0.2) is 32.8 Å². The molecule has 1 aliphatic rings. The van der Waals surface area contributed by atoms with Crippen LogP contribution in [0.25, 0.3) is 5.82 Å². The molecule has 1 aliphatic carbocycles. The van der Waals surface area contributed by atoms with Crippen LogP contribution in [0.2, 0.25) is 5.02 Å². The van der Waals surface area contributed by atoms with Gasteiger partial charge in [-0.25, -0.2) is 9.67 Å². The monoisotopic (exact) mass is 387 g/mol. The molecule has 2 aromatic heterocycles. The molecule has 140 valence electrons. The average molecular weight is 388 g/mol. The maximum Gasteiger partial charge on any atom is 0.434 e. The number of hydrogen-bond donors (Lipinski definition) is 2. The molecule has 1 amide bonds. The first-order chi connectivity index (χ1) is 12.3. The van der Waals surface area contributed by atoms with E-state index in [2.05, 4.69) is 15.4 Å². The Morgan fingerprint density at radius 1 is 1.31 bits per heavy atom. The number of halogens is 4. The van der Waals surface area contributed by atoms with Crippen molar-refractivity contribution < 1.29 is 18.0 Å². The highest BCUT2D eigenvalue weighted by Crippen LogP contribution is 2.34. The highest BCUT2D eigenvalue weighted by molar-refractivity contribution is 6.32. The van der Waals surface area contributed by atoms with E-state index in [4.69, 9.17) is 17.3 Å². The molecule has 1 saturated carbocycles. The molecule has 0 spiro atoms. The van der Waals surface area contributed by atoms with Crippen molar-refractivity contribution in [2.45, 2.75) is 43.9 Å². The van der Waals surface area contributed by atoms with Crippen molar-refractivity contribution in [1.82, 2.24) is 20.1 Å². The van der Waals surface area contributed by atoms with Gasteiger partial charge >= 0.3 is 6.18 Å². The molecule has 0 bridgehead atoms. The number of nitrogens with two attached hydrogens (primary N) is 1. The zero-order valence-corrected chi connectivity index (χ0v) is 14.4. The minimum absolute atomic E-state index is 0.00525. The average Bonchev–Trinajstić information content (AvgIpc) is 3.02. The van der Waals surface area contributed by atoms with Gasteiger partial charge in [-0.3, -0.25) is 4.79 Å². The third kappa shape index (κ3) is 3.83. The number of nitrogens with one attached hydrogen (secondary N) is 1. The predicted molar refractivity (Wildman–Crippen MR) is 89.1 cm³/mol. The summed E-state index contributed by atoms with van der Waals surface area (Å²) < 4.78 is 41.4. The molecule has 0 saturated heterocycles. The third-order valence-corrected chi connectivity index (χ3v) is 4.62. The van der Waals surface area contributed by atoms with Gasteiger partial charge in [0.1, 0.15) is 0 Å². The molecule has 6 nitrogen and oxygen atoms in total. The fourth-order valence-electron chi connectivity index (χ4n) is 3.01. The summed E-state index contributed by atoms with van der Waals surface area (Å²) in [4.78, 5) is 16.3. The van der Waals surface area contributed by atoms with Crippen LogP contribution in [0.4, 0.5) is 13.2 Å². The van der Waals surface area contributed by atoms with Crippen LogP contribution in [0.15, 0.2) is 24.5 Å². The van der Waals surface area contributed by atoms with Crippen LogP contribution in [-0.2, 0) is 6.18 Å². The molecule has 26 heavy (non-hydrogen) atoms. The van der Waals surface area contributed by atoms with E-state index in [1.54, 1.807) is 0 Å². The molecule has 10 heteroatoms. The quantitative estimate of drug-likeness (QED) is 0.847. The van der Waals surface area contributed by atoms with Gasteiger partial charge < -0.3 is 11.1 Å². The minimum atomic E-state index is -4.81. The second-order valence-electron chi connectivity index (χ2n) is 6.21. The van der Waals surface area contributed by atoms with E-state index >= 15 is 0 Å². The number of alkyl halides is 3. The van der Waals surface area contributed by atoms with Crippen molar-refractivity contribution in [1.29, 1.82) is 0 Å². The third-order valence-electron chi connectivity index (χ3n) is 4.33. The molecule has 0 radical (unpaired) electrons. The summed E-state index contributed by atoms with van der Waals surface area (Å²) >= 11 is 5.94. The first-order valence-corrected chi connectivity index (χ1v) is 8.47. The molecule has 0 aromatic carbocycles. The van der Waals surface area contributed by atoms with Gasteiger partial charge in [0.05, 0.1) is 16.8 Å². The fourth-order valence-corrected chi connectivity index (χ4v) is 3.21. The van der Waals surface area contributed by atoms with Crippen LogP contribution in [0.3, 0.4) is 0 Å². The Morgan fingerprint density at radius 3 is 2.62 bits per heavy atom. The van der Waals surface area contributed by atoms with E-state index in [9.17, 15) is 18.0 Å². The van der Waals surface area contributed by atoms with Gasteiger partial charge in [0.25, 0.3) is 5.91 Å². The van der Waals surface area contributed by atoms with Gasteiger partial charge in [-0.05, 0) is 37.8 Å². The number of aromatic nitrogens is 3. The van der Waals surface area contributed by atoms with Crippen molar-refractivity contribution >= 4 is 17.5 Å². The van der Waals surface area contributed by atoms with Crippen molar-refractivity contribution in [3.63, 3.8) is 0 Å². The largest absolute Gasteiger partial charge is 0.434 e. The Labute approximate surface area is 152 Å². The summed E-state index contributed by atoms with van der Waals surface area (Å²) in [7, 11) is 0. The first kappa shape index (κ1) is 18.7. The van der Waals surface area contributed by atoms with Gasteiger partial charge in [-0.15, -0.1) is 0 Å². The van der Waals surface area contributed by atoms with E-state index < -0.39 is 23.3 Å². The molecule has 0 aliphatic heterocycles. The number of carbonyl (C=O) groups is 1. The molecule has 1 fully saturated rings. The topological polar surface area (TPSA) is 85.8 Å². The highest BCUT2D eigenvalue weighted by Gasteiger charge is 2.41. The summed E-state index contributed by atoms with van der Waals surface area (Å²) in [5, 5.41) is 6.35. The Hall–Kier alpha value is -2.13. The fraction of sp³-hybridized carbons (Fsp3) is 0.438. The Kier molecular flexibility index (Phi) is 5.19. The lowest BCUT2D eigenvalue weighted by Gasteiger charge is -2.26. The minimum Gasteiger partial charge on any atom is -0.349 e. The molecular formula is C16H17ClF3N5O. The van der Waals surface area contributed by atoms with Crippen molar-refractivity contribution in [3.05, 3.63) is 40.8 Å². The summed E-state index contributed by atoms with van der Waals surface area (Å²) in [5.74, 6) is -1.01. The number of amides is 1. The van der Waals surface area contributed by atoms with E-state index in [1.165, 1.54) is 18.3 Å². The van der Waals surface area contributed by atoms with Gasteiger partial charge in [0.15, 0.2) is 11.5 Å². The summed E-state index contributed by atoms with van der Waals surface area (Å²) in [6, 6.07) is 2.76. The maximum absolute atomic E-state index is 13.6. The van der Waals surface area contributed by atoms with E-state index in [1.807, 2.05) is 0 Å². The molecular weight excluding hydrogens is 371 g/mol. The number of hydrogen-bond acceptors (Lipinski definition) is 4. The smallest absolute Gasteiger partial charge is 0.349 e. The highest BCUT2D eigenvalue weighted by atomic mass is 35.5. The van der Waals surface area contributed by atoms with Crippen molar-refractivity contribution in [2.75, 3.05) is 0 Å². The second-order valence-corrected chi connectivity index (χ2v) is 6.62. The Bertz CT molecular complexity index is 799. The van der Waals surface area contributed by atoms with E-state index in [0.29, 0.717) is 17.5 Å². The van der Waals surface area contributed by atoms with Gasteiger partial charge in [-0.1, -0.05) is 11.6 Å². The van der Waals surface area contributed by atoms with E-state index in [-0.39, 0.29) is 22.9 Å². The summed E-state index contributed by atoms with van der Waals surface area (Å²) in [6.45, 7) is 0. The number of carbonyl (C=O) groups excluding carboxylic acids is 1. The molecule has 3 N–H and O–H groups in total. The maximum atomic E-state index is 13.6. The molecule has 2 aromatic rings. The zero-order chi connectivity index (χ0) is 18.9. The van der Waals surface area contributed by atoms with Crippen LogP contribution < -0.4 is 11.1 Å². The van der Waals surface area contributed by atoms with E-state index in [0.717, 1.165) is 19.0 Å². The number of rotatable bonds is 3. The first-order valence-electron chi connectivity index (χ1n) is 8.10. The lowest BCUT2D eigenvalue weighted by molar-refractivity contribution is -0.143. The van der Waals surface area contributed by atoms with Crippen molar-refractivity contribution in [2.24, 2.45) is 5.73 Å². The van der Waals surface area contributed by atoms with Gasteiger partial charge in [-0.2, -0.15) is 18.3 Å². The summed E-state index contributed by atoms with van der Waals surface area (Å²) in [5.41, 5.74) is 4.04. The van der Waals surface area contributed by atoms with Gasteiger partial charge in [0, 0.05) is 18.3 Å². The van der Waals surface area contributed by atoms with Crippen LogP contribution in [0.5, 0.6) is 0 Å². The zero-order valence-electron chi connectivity index (χ0n) is 13.6. The molecule has 3 rings (SSSR count). The predicted octanol–water partition coefficient (Wildman–Crippen LogP) is 2.94.